The van der Waals surface area contributed by atoms with Gasteiger partial charge in [0.05, 0.1) is 4.88 Å². The van der Waals surface area contributed by atoms with Crippen molar-refractivity contribution in [2.24, 2.45) is 0 Å². The van der Waals surface area contributed by atoms with Crippen molar-refractivity contribution in [3.05, 3.63) is 33.6 Å². The lowest BCUT2D eigenvalue weighted by molar-refractivity contribution is 0.0701. The Kier molecular flexibility index (Phi) is 4.16. The smallest absolute Gasteiger partial charge is 0.345 e. The average molecular weight is 335 g/mol. The zero-order valence-electron chi connectivity index (χ0n) is 12.7. The molecule has 2 N–H and O–H groups in total. The van der Waals surface area contributed by atoms with Crippen molar-refractivity contribution < 1.29 is 19.2 Å². The molecule has 3 rings (SSSR count). The number of hydrogen-bond acceptors (Lipinski definition) is 6. The van der Waals surface area contributed by atoms with E-state index in [0.717, 1.165) is 43.4 Å². The number of hydrogen-bond donors (Lipinski definition) is 2. The number of carboxylic acid groups (broad SMARTS) is 1. The van der Waals surface area contributed by atoms with Crippen molar-refractivity contribution in [1.82, 2.24) is 15.5 Å². The first kappa shape index (κ1) is 15.7. The topological polar surface area (TPSA) is 105 Å². The molecule has 0 aromatic carbocycles. The number of aromatic nitrogens is 2. The molecule has 0 atom stereocenters. The zero-order chi connectivity index (χ0) is 16.4. The summed E-state index contributed by atoms with van der Waals surface area (Å²) in [6.45, 7) is 1.72. The molecule has 0 unspecified atom stereocenters. The molecule has 7 nitrogen and oxygen atoms in total. The van der Waals surface area contributed by atoms with E-state index in [2.05, 4.69) is 15.5 Å². The summed E-state index contributed by atoms with van der Waals surface area (Å²) < 4.78 is 5.08. The van der Waals surface area contributed by atoms with Crippen molar-refractivity contribution in [3.8, 4) is 0 Å². The fraction of sp³-hybridized carbons (Fsp3) is 0.467. The van der Waals surface area contributed by atoms with Crippen LogP contribution in [0.3, 0.4) is 0 Å². The van der Waals surface area contributed by atoms with Crippen molar-refractivity contribution in [3.63, 3.8) is 0 Å². The third-order valence-corrected chi connectivity index (χ3v) is 5.13. The van der Waals surface area contributed by atoms with Crippen LogP contribution >= 0.6 is 11.3 Å². The molecule has 0 radical (unpaired) electrons. The lowest BCUT2D eigenvalue weighted by Crippen LogP contribution is -2.47. The highest BCUT2D eigenvalue weighted by atomic mass is 32.1. The van der Waals surface area contributed by atoms with Crippen LogP contribution in [0.4, 0.5) is 0 Å². The van der Waals surface area contributed by atoms with Gasteiger partial charge >= 0.3 is 5.97 Å². The molecule has 2 heterocycles. The van der Waals surface area contributed by atoms with E-state index < -0.39 is 11.5 Å². The Morgan fingerprint density at radius 1 is 1.26 bits per heavy atom. The van der Waals surface area contributed by atoms with E-state index in [0.29, 0.717) is 16.6 Å². The third-order valence-electron chi connectivity index (χ3n) is 4.06. The summed E-state index contributed by atoms with van der Waals surface area (Å²) >= 11 is 0.961. The highest BCUT2D eigenvalue weighted by Crippen LogP contribution is 2.36. The first-order chi connectivity index (χ1) is 11.0. The lowest BCUT2D eigenvalue weighted by Gasteiger charge is -2.35. The van der Waals surface area contributed by atoms with Crippen LogP contribution in [-0.4, -0.2) is 27.1 Å². The van der Waals surface area contributed by atoms with Crippen LogP contribution in [0, 0.1) is 6.92 Å². The van der Waals surface area contributed by atoms with Gasteiger partial charge in [-0.1, -0.05) is 24.4 Å². The molecule has 2 aromatic rings. The van der Waals surface area contributed by atoms with Gasteiger partial charge in [-0.05, 0) is 25.0 Å². The molecule has 1 saturated carbocycles. The van der Waals surface area contributed by atoms with E-state index in [1.807, 2.05) is 0 Å². The minimum absolute atomic E-state index is 0.142. The van der Waals surface area contributed by atoms with Crippen molar-refractivity contribution in [1.29, 1.82) is 0 Å². The maximum absolute atomic E-state index is 12.6. The van der Waals surface area contributed by atoms with Gasteiger partial charge in [0, 0.05) is 6.92 Å². The number of carboxylic acids is 1. The van der Waals surface area contributed by atoms with E-state index in [4.69, 9.17) is 9.63 Å². The van der Waals surface area contributed by atoms with Gasteiger partial charge in [0.1, 0.15) is 10.4 Å². The minimum atomic E-state index is -1.03. The largest absolute Gasteiger partial charge is 0.477 e. The molecule has 0 aliphatic heterocycles. The summed E-state index contributed by atoms with van der Waals surface area (Å²) in [5.41, 5.74) is -0.638. The van der Waals surface area contributed by atoms with E-state index in [-0.39, 0.29) is 10.8 Å². The van der Waals surface area contributed by atoms with Gasteiger partial charge in [-0.25, -0.2) is 4.79 Å². The van der Waals surface area contributed by atoms with Crippen LogP contribution in [-0.2, 0) is 5.54 Å². The maximum Gasteiger partial charge on any atom is 0.345 e. The molecule has 2 aromatic heterocycles. The first-order valence-electron chi connectivity index (χ1n) is 7.47. The van der Waals surface area contributed by atoms with Crippen molar-refractivity contribution >= 4 is 23.2 Å². The summed E-state index contributed by atoms with van der Waals surface area (Å²) in [4.78, 5) is 28.3. The van der Waals surface area contributed by atoms with Gasteiger partial charge in [-0.3, -0.25) is 4.79 Å². The number of nitrogens with one attached hydrogen (secondary N) is 1. The molecule has 23 heavy (non-hydrogen) atoms. The zero-order valence-corrected chi connectivity index (χ0v) is 13.5. The lowest BCUT2D eigenvalue weighted by atomic mass is 9.81. The monoisotopic (exact) mass is 335 g/mol. The predicted octanol–water partition coefficient (Wildman–Crippen LogP) is 2.73. The van der Waals surface area contributed by atoms with Crippen molar-refractivity contribution in [2.45, 2.75) is 44.6 Å². The molecule has 1 amide bonds. The van der Waals surface area contributed by atoms with Crippen LogP contribution in [0.25, 0.3) is 0 Å². The molecule has 1 aliphatic carbocycles. The van der Waals surface area contributed by atoms with Gasteiger partial charge in [0.2, 0.25) is 5.89 Å². The number of carbonyl (C=O) groups excluding carboxylic acids is 1. The Hall–Kier alpha value is -2.22. The second-order valence-corrected chi connectivity index (χ2v) is 6.79. The molecular weight excluding hydrogens is 318 g/mol. The normalized spacial score (nSPS) is 16.9. The molecule has 0 spiro atoms. The SMILES string of the molecule is Cc1nc(C2(NC(=O)c3ccc(C(=O)O)s3)CCCCC2)no1. The van der Waals surface area contributed by atoms with Gasteiger partial charge in [0.25, 0.3) is 5.91 Å². The number of amides is 1. The molecule has 8 heteroatoms. The van der Waals surface area contributed by atoms with Gasteiger partial charge in [-0.15, -0.1) is 11.3 Å². The van der Waals surface area contributed by atoms with Crippen LogP contribution in [0.15, 0.2) is 16.7 Å². The summed E-state index contributed by atoms with van der Waals surface area (Å²) in [6, 6.07) is 2.97. The van der Waals surface area contributed by atoms with E-state index in [1.54, 1.807) is 6.92 Å². The van der Waals surface area contributed by atoms with Crippen LogP contribution in [0.1, 0.15) is 63.2 Å². The second kappa shape index (κ2) is 6.11. The molecule has 0 saturated heterocycles. The second-order valence-electron chi connectivity index (χ2n) is 5.70. The highest BCUT2D eigenvalue weighted by Gasteiger charge is 2.40. The first-order valence-corrected chi connectivity index (χ1v) is 8.28. The quantitative estimate of drug-likeness (QED) is 0.890. The Bertz CT molecular complexity index is 731. The van der Waals surface area contributed by atoms with Crippen LogP contribution in [0.5, 0.6) is 0 Å². The number of thiophene rings is 1. The van der Waals surface area contributed by atoms with Gasteiger partial charge < -0.3 is 14.9 Å². The molecule has 122 valence electrons. The molecule has 1 fully saturated rings. The van der Waals surface area contributed by atoms with E-state index >= 15 is 0 Å². The summed E-state index contributed by atoms with van der Waals surface area (Å²) in [5, 5.41) is 16.0. The molecule has 0 bridgehead atoms. The van der Waals surface area contributed by atoms with Gasteiger partial charge in [0.15, 0.2) is 5.82 Å². The minimum Gasteiger partial charge on any atom is -0.477 e. The Morgan fingerprint density at radius 3 is 2.52 bits per heavy atom. The highest BCUT2D eigenvalue weighted by molar-refractivity contribution is 7.15. The standard InChI is InChI=1S/C15H17N3O4S/c1-9-16-14(18-22-9)15(7-3-2-4-8-15)17-12(19)10-5-6-11(23-10)13(20)21/h5-6H,2-4,7-8H2,1H3,(H,17,19)(H,20,21). The van der Waals surface area contributed by atoms with Crippen LogP contribution in [0.2, 0.25) is 0 Å². The predicted molar refractivity (Wildman–Crippen MR) is 82.5 cm³/mol. The molecule has 1 aliphatic rings. The van der Waals surface area contributed by atoms with Gasteiger partial charge in [-0.2, -0.15) is 4.98 Å². The average Bonchev–Trinajstić information content (AvgIpc) is 3.17. The Balaban J connectivity index is 1.86. The fourth-order valence-corrected chi connectivity index (χ4v) is 3.65. The Labute approximate surface area is 136 Å². The maximum atomic E-state index is 12.6. The van der Waals surface area contributed by atoms with E-state index in [1.165, 1.54) is 12.1 Å². The number of carbonyl (C=O) groups is 2. The fourth-order valence-electron chi connectivity index (χ4n) is 2.91. The van der Waals surface area contributed by atoms with Crippen molar-refractivity contribution in [2.75, 3.05) is 0 Å². The number of aryl methyl sites for hydroxylation is 1. The summed E-state index contributed by atoms with van der Waals surface area (Å²) in [7, 11) is 0. The third kappa shape index (κ3) is 3.12. The summed E-state index contributed by atoms with van der Waals surface area (Å²) in [5.74, 6) is -0.372. The number of aromatic carboxylic acids is 1. The van der Waals surface area contributed by atoms with Crippen LogP contribution < -0.4 is 5.32 Å². The summed E-state index contributed by atoms with van der Waals surface area (Å²) in [6.07, 6.45) is 4.54. The molecular formula is C15H17N3O4S. The number of nitrogens with zero attached hydrogens (tertiary/aromatic N) is 2. The number of rotatable bonds is 4. The Morgan fingerprint density at radius 2 is 1.96 bits per heavy atom. The van der Waals surface area contributed by atoms with E-state index in [9.17, 15) is 9.59 Å².